The van der Waals surface area contributed by atoms with Gasteiger partial charge in [0.2, 0.25) is 11.8 Å². The number of carbonyl (C=O) groups excluding carboxylic acids is 2. The molecule has 1 saturated carbocycles. The van der Waals surface area contributed by atoms with Crippen molar-refractivity contribution in [1.82, 2.24) is 9.80 Å². The number of carboxylic acids is 1. The monoisotopic (exact) mass is 283 g/mol. The van der Waals surface area contributed by atoms with Gasteiger partial charge in [0.15, 0.2) is 0 Å². The van der Waals surface area contributed by atoms with Gasteiger partial charge >= 0.3 is 5.97 Å². The van der Waals surface area contributed by atoms with Crippen molar-refractivity contribution in [3.63, 3.8) is 0 Å². The highest BCUT2D eigenvalue weighted by Crippen LogP contribution is 2.59. The van der Waals surface area contributed by atoms with Crippen LogP contribution in [0, 0.1) is 17.3 Å². The van der Waals surface area contributed by atoms with Crippen molar-refractivity contribution >= 4 is 17.8 Å². The molecule has 2 rings (SSSR count). The molecule has 1 saturated heterocycles. The molecular weight excluding hydrogens is 262 g/mol. The van der Waals surface area contributed by atoms with Gasteiger partial charge in [0.1, 0.15) is 0 Å². The molecule has 7 nitrogen and oxygen atoms in total. The van der Waals surface area contributed by atoms with Crippen LogP contribution < -0.4 is 5.73 Å². The summed E-state index contributed by atoms with van der Waals surface area (Å²) in [6.45, 7) is 5.42. The molecule has 0 radical (unpaired) electrons. The summed E-state index contributed by atoms with van der Waals surface area (Å²) >= 11 is 0. The minimum absolute atomic E-state index is 0.0231. The van der Waals surface area contributed by atoms with E-state index in [0.29, 0.717) is 26.2 Å². The second-order valence-electron chi connectivity index (χ2n) is 6.03. The molecule has 0 aromatic heterocycles. The highest BCUT2D eigenvalue weighted by atomic mass is 16.4. The molecule has 112 valence electrons. The summed E-state index contributed by atoms with van der Waals surface area (Å²) < 4.78 is 0. The first-order valence-electron chi connectivity index (χ1n) is 6.80. The average molecular weight is 283 g/mol. The minimum Gasteiger partial charge on any atom is -0.481 e. The Balaban J connectivity index is 1.93. The maximum Gasteiger partial charge on any atom is 0.307 e. The summed E-state index contributed by atoms with van der Waals surface area (Å²) in [7, 11) is 0. The van der Waals surface area contributed by atoms with E-state index >= 15 is 0 Å². The second-order valence-corrected chi connectivity index (χ2v) is 6.03. The molecule has 0 spiro atoms. The number of nitrogens with two attached hydrogens (primary N) is 1. The fourth-order valence-electron chi connectivity index (χ4n) is 3.06. The molecule has 2 amide bonds. The molecule has 1 aliphatic heterocycles. The minimum atomic E-state index is -0.912. The van der Waals surface area contributed by atoms with Gasteiger partial charge in [-0.1, -0.05) is 13.8 Å². The maximum absolute atomic E-state index is 12.4. The van der Waals surface area contributed by atoms with Gasteiger partial charge in [-0.25, -0.2) is 0 Å². The van der Waals surface area contributed by atoms with Gasteiger partial charge in [-0.3, -0.25) is 14.4 Å². The highest BCUT2D eigenvalue weighted by Gasteiger charge is 2.66. The van der Waals surface area contributed by atoms with Crippen molar-refractivity contribution in [2.24, 2.45) is 23.0 Å². The van der Waals surface area contributed by atoms with E-state index in [9.17, 15) is 14.4 Å². The number of hydrogen-bond donors (Lipinski definition) is 2. The molecule has 2 unspecified atom stereocenters. The third-order valence-corrected chi connectivity index (χ3v) is 4.48. The molecule has 2 fully saturated rings. The van der Waals surface area contributed by atoms with Gasteiger partial charge in [-0.15, -0.1) is 0 Å². The number of aliphatic carboxylic acids is 1. The molecule has 2 aliphatic rings. The summed E-state index contributed by atoms with van der Waals surface area (Å²) in [5.41, 5.74) is 4.83. The molecule has 3 N–H and O–H groups in total. The second kappa shape index (κ2) is 5.05. The van der Waals surface area contributed by atoms with E-state index < -0.39 is 23.2 Å². The molecule has 0 aromatic rings. The lowest BCUT2D eigenvalue weighted by Crippen LogP contribution is -2.52. The van der Waals surface area contributed by atoms with Crippen molar-refractivity contribution in [2.75, 3.05) is 32.7 Å². The summed E-state index contributed by atoms with van der Waals surface area (Å²) in [5.74, 6) is -2.18. The van der Waals surface area contributed by atoms with Crippen LogP contribution in [0.25, 0.3) is 0 Å². The van der Waals surface area contributed by atoms with Gasteiger partial charge in [-0.05, 0) is 5.41 Å². The van der Waals surface area contributed by atoms with Crippen LogP contribution in [-0.4, -0.2) is 65.4 Å². The zero-order valence-electron chi connectivity index (χ0n) is 11.8. The van der Waals surface area contributed by atoms with Crippen LogP contribution in [0.1, 0.15) is 13.8 Å². The predicted octanol–water partition coefficient (Wildman–Crippen LogP) is -1.03. The van der Waals surface area contributed by atoms with Crippen LogP contribution >= 0.6 is 0 Å². The first-order valence-corrected chi connectivity index (χ1v) is 6.80. The van der Waals surface area contributed by atoms with E-state index in [-0.39, 0.29) is 18.4 Å². The zero-order valence-corrected chi connectivity index (χ0v) is 11.8. The Morgan fingerprint density at radius 2 is 1.60 bits per heavy atom. The van der Waals surface area contributed by atoms with Crippen LogP contribution in [-0.2, 0) is 14.4 Å². The lowest BCUT2D eigenvalue weighted by molar-refractivity contribution is -0.143. The van der Waals surface area contributed by atoms with Gasteiger partial charge in [0.25, 0.3) is 0 Å². The fourth-order valence-corrected chi connectivity index (χ4v) is 3.06. The van der Waals surface area contributed by atoms with Gasteiger partial charge < -0.3 is 20.6 Å². The van der Waals surface area contributed by atoms with E-state index in [1.54, 1.807) is 9.80 Å². The molecule has 7 heteroatoms. The summed E-state index contributed by atoms with van der Waals surface area (Å²) in [6.07, 6.45) is 0. The molecule has 2 atom stereocenters. The van der Waals surface area contributed by atoms with E-state index in [1.807, 2.05) is 13.8 Å². The highest BCUT2D eigenvalue weighted by molar-refractivity contribution is 5.91. The molecule has 20 heavy (non-hydrogen) atoms. The molecule has 1 heterocycles. The number of amides is 2. The number of carbonyl (C=O) groups is 3. The lowest BCUT2D eigenvalue weighted by atomic mass is 10.1. The summed E-state index contributed by atoms with van der Waals surface area (Å²) in [6, 6.07) is 0. The third kappa shape index (κ3) is 2.37. The molecule has 1 aliphatic carbocycles. The SMILES string of the molecule is CC1(C)C(C(=O)O)C1C(=O)N1CCN(C(=O)CN)CC1. The number of carboxylic acid groups (broad SMARTS) is 1. The van der Waals surface area contributed by atoms with Crippen molar-refractivity contribution in [1.29, 1.82) is 0 Å². The topological polar surface area (TPSA) is 104 Å². The van der Waals surface area contributed by atoms with Gasteiger partial charge in [-0.2, -0.15) is 0 Å². The van der Waals surface area contributed by atoms with Gasteiger partial charge in [0, 0.05) is 26.2 Å². The normalized spacial score (nSPS) is 28.1. The Morgan fingerprint density at radius 1 is 1.10 bits per heavy atom. The van der Waals surface area contributed by atoms with Crippen LogP contribution in [0.15, 0.2) is 0 Å². The van der Waals surface area contributed by atoms with E-state index in [1.165, 1.54) is 0 Å². The zero-order chi connectivity index (χ0) is 15.1. The molecular formula is C13H21N3O4. The van der Waals surface area contributed by atoms with Crippen molar-refractivity contribution in [3.05, 3.63) is 0 Å². The quantitative estimate of drug-likeness (QED) is 0.689. The number of rotatable bonds is 3. The maximum atomic E-state index is 12.4. The Bertz CT molecular complexity index is 441. The van der Waals surface area contributed by atoms with Crippen LogP contribution in [0.4, 0.5) is 0 Å². The molecule has 0 aromatic carbocycles. The largest absolute Gasteiger partial charge is 0.481 e. The first-order chi connectivity index (χ1) is 9.30. The Kier molecular flexibility index (Phi) is 3.73. The van der Waals surface area contributed by atoms with E-state index in [4.69, 9.17) is 10.8 Å². The smallest absolute Gasteiger partial charge is 0.307 e. The Labute approximate surface area is 117 Å². The van der Waals surface area contributed by atoms with Crippen molar-refractivity contribution in [2.45, 2.75) is 13.8 Å². The van der Waals surface area contributed by atoms with Crippen molar-refractivity contribution in [3.8, 4) is 0 Å². The van der Waals surface area contributed by atoms with Crippen molar-refractivity contribution < 1.29 is 19.5 Å². The predicted molar refractivity (Wildman–Crippen MR) is 70.6 cm³/mol. The lowest BCUT2D eigenvalue weighted by Gasteiger charge is -2.35. The number of piperazine rings is 1. The number of nitrogens with zero attached hydrogens (tertiary/aromatic N) is 2. The van der Waals surface area contributed by atoms with Gasteiger partial charge in [0.05, 0.1) is 18.4 Å². The molecule has 0 bridgehead atoms. The summed E-state index contributed by atoms with van der Waals surface area (Å²) in [4.78, 5) is 38.2. The van der Waals surface area contributed by atoms with E-state index in [2.05, 4.69) is 0 Å². The van der Waals surface area contributed by atoms with Crippen LogP contribution in [0.2, 0.25) is 0 Å². The Hall–Kier alpha value is -1.63. The average Bonchev–Trinajstić information content (AvgIpc) is 3.00. The fraction of sp³-hybridized carbons (Fsp3) is 0.769. The first kappa shape index (κ1) is 14.8. The summed E-state index contributed by atoms with van der Waals surface area (Å²) in [5, 5.41) is 9.12. The van der Waals surface area contributed by atoms with E-state index in [0.717, 1.165) is 0 Å². The third-order valence-electron chi connectivity index (χ3n) is 4.48. The van der Waals surface area contributed by atoms with Crippen LogP contribution in [0.5, 0.6) is 0 Å². The standard InChI is InChI=1S/C13H21N3O4/c1-13(2)9(10(13)12(19)20)11(18)16-5-3-15(4-6-16)8(17)7-14/h9-10H,3-7,14H2,1-2H3,(H,19,20). The Morgan fingerprint density at radius 3 is 2.00 bits per heavy atom. The van der Waals surface area contributed by atoms with Crippen LogP contribution in [0.3, 0.4) is 0 Å². The number of hydrogen-bond acceptors (Lipinski definition) is 4.